The number of nitrogens with one attached hydrogen (secondary N) is 2. The number of hydrogen-bond donors (Lipinski definition) is 2. The van der Waals surface area contributed by atoms with Crippen molar-refractivity contribution in [3.05, 3.63) is 52.1 Å². The number of carbonyl (C=O) groups is 1. The van der Waals surface area contributed by atoms with Crippen molar-refractivity contribution in [2.45, 2.75) is 13.8 Å². The molecular weight excluding hydrogens is 306 g/mol. The maximum Gasteiger partial charge on any atom is 0.324 e. The van der Waals surface area contributed by atoms with Gasteiger partial charge in [0.15, 0.2) is 0 Å². The summed E-state index contributed by atoms with van der Waals surface area (Å²) >= 11 is 3.38. The second kappa shape index (κ2) is 5.84. The van der Waals surface area contributed by atoms with Crippen molar-refractivity contribution in [1.29, 1.82) is 0 Å². The zero-order valence-corrected chi connectivity index (χ0v) is 12.3. The molecule has 0 unspecified atom stereocenters. The van der Waals surface area contributed by atoms with Gasteiger partial charge in [-0.15, -0.1) is 0 Å². The summed E-state index contributed by atoms with van der Waals surface area (Å²) in [5, 5.41) is 5.48. The van der Waals surface area contributed by atoms with Gasteiger partial charge in [0.2, 0.25) is 0 Å². The summed E-state index contributed by atoms with van der Waals surface area (Å²) in [7, 11) is 0. The Kier molecular flexibility index (Phi) is 4.16. The van der Waals surface area contributed by atoms with E-state index < -0.39 is 0 Å². The Morgan fingerprint density at radius 3 is 2.58 bits per heavy atom. The van der Waals surface area contributed by atoms with Gasteiger partial charge in [-0.1, -0.05) is 12.1 Å². The van der Waals surface area contributed by atoms with Gasteiger partial charge in [-0.05, 0) is 59.6 Å². The fourth-order valence-corrected chi connectivity index (χ4v) is 2.12. The molecule has 98 valence electrons. The Balaban J connectivity index is 2.07. The van der Waals surface area contributed by atoms with Gasteiger partial charge >= 0.3 is 6.03 Å². The highest BCUT2D eigenvalue weighted by atomic mass is 79.9. The molecule has 2 amide bonds. The van der Waals surface area contributed by atoms with Crippen molar-refractivity contribution in [2.24, 2.45) is 0 Å². The normalized spacial score (nSPS) is 10.1. The zero-order chi connectivity index (χ0) is 13.8. The van der Waals surface area contributed by atoms with Crippen LogP contribution in [0.2, 0.25) is 0 Å². The van der Waals surface area contributed by atoms with Gasteiger partial charge in [-0.3, -0.25) is 5.32 Å². The fraction of sp³-hybridized carbons (Fsp3) is 0.143. The predicted molar refractivity (Wildman–Crippen MR) is 80.5 cm³/mol. The van der Waals surface area contributed by atoms with Gasteiger partial charge in [-0.2, -0.15) is 0 Å². The number of aryl methyl sites for hydroxylation is 2. The lowest BCUT2D eigenvalue weighted by Gasteiger charge is -2.09. The predicted octanol–water partition coefficient (Wildman–Crippen LogP) is 4.10. The van der Waals surface area contributed by atoms with Crippen LogP contribution in [-0.2, 0) is 0 Å². The molecule has 0 radical (unpaired) electrons. The van der Waals surface area contributed by atoms with Crippen LogP contribution in [0.25, 0.3) is 0 Å². The molecule has 1 aromatic carbocycles. The number of para-hydroxylation sites is 1. The Bertz CT molecular complexity index is 593. The molecule has 0 aliphatic carbocycles. The number of aromatic nitrogens is 1. The van der Waals surface area contributed by atoms with Crippen LogP contribution in [0.1, 0.15) is 11.3 Å². The number of rotatable bonds is 2. The van der Waals surface area contributed by atoms with E-state index in [1.807, 2.05) is 50.2 Å². The van der Waals surface area contributed by atoms with Gasteiger partial charge in [0.25, 0.3) is 0 Å². The molecule has 0 spiro atoms. The number of halogens is 1. The molecule has 2 rings (SSSR count). The molecule has 1 heterocycles. The number of hydrogen-bond acceptors (Lipinski definition) is 2. The van der Waals surface area contributed by atoms with E-state index in [0.29, 0.717) is 11.5 Å². The van der Waals surface area contributed by atoms with Crippen molar-refractivity contribution >= 4 is 33.5 Å². The van der Waals surface area contributed by atoms with Crippen LogP contribution in [0.4, 0.5) is 16.3 Å². The second-order valence-electron chi connectivity index (χ2n) is 4.23. The van der Waals surface area contributed by atoms with Crippen LogP contribution < -0.4 is 10.6 Å². The van der Waals surface area contributed by atoms with Crippen LogP contribution in [0.3, 0.4) is 0 Å². The number of carbonyl (C=O) groups excluding carboxylic acids is 1. The maximum atomic E-state index is 11.9. The van der Waals surface area contributed by atoms with E-state index >= 15 is 0 Å². The van der Waals surface area contributed by atoms with E-state index in [-0.39, 0.29) is 6.03 Å². The van der Waals surface area contributed by atoms with Crippen LogP contribution >= 0.6 is 15.9 Å². The average Bonchev–Trinajstić information content (AvgIpc) is 2.30. The smallest absolute Gasteiger partial charge is 0.307 e. The quantitative estimate of drug-likeness (QED) is 0.875. The molecule has 19 heavy (non-hydrogen) atoms. The summed E-state index contributed by atoms with van der Waals surface area (Å²) in [6.45, 7) is 3.86. The SMILES string of the molecule is Cc1cc(C)nc(NC(=O)Nc2ccccc2Br)c1. The summed E-state index contributed by atoms with van der Waals surface area (Å²) in [4.78, 5) is 16.1. The van der Waals surface area contributed by atoms with E-state index in [9.17, 15) is 4.79 Å². The van der Waals surface area contributed by atoms with Gasteiger partial charge in [0.1, 0.15) is 5.82 Å². The molecule has 0 saturated heterocycles. The lowest BCUT2D eigenvalue weighted by molar-refractivity contribution is 0.262. The number of anilines is 2. The third kappa shape index (κ3) is 3.79. The third-order valence-corrected chi connectivity index (χ3v) is 3.15. The third-order valence-electron chi connectivity index (χ3n) is 2.46. The van der Waals surface area contributed by atoms with Crippen molar-refractivity contribution in [3.8, 4) is 0 Å². The second-order valence-corrected chi connectivity index (χ2v) is 5.08. The lowest BCUT2D eigenvalue weighted by atomic mass is 10.2. The number of pyridine rings is 1. The van der Waals surface area contributed by atoms with Crippen LogP contribution in [0, 0.1) is 13.8 Å². The fourth-order valence-electron chi connectivity index (χ4n) is 1.74. The Morgan fingerprint density at radius 1 is 1.16 bits per heavy atom. The maximum absolute atomic E-state index is 11.9. The number of benzene rings is 1. The summed E-state index contributed by atoms with van der Waals surface area (Å²) < 4.78 is 0.832. The van der Waals surface area contributed by atoms with E-state index in [2.05, 4.69) is 31.5 Å². The zero-order valence-electron chi connectivity index (χ0n) is 10.7. The molecule has 0 aliphatic heterocycles. The highest BCUT2D eigenvalue weighted by molar-refractivity contribution is 9.10. The molecule has 5 heteroatoms. The number of urea groups is 1. The van der Waals surface area contributed by atoms with Crippen molar-refractivity contribution < 1.29 is 4.79 Å². The highest BCUT2D eigenvalue weighted by Crippen LogP contribution is 2.21. The summed E-state index contributed by atoms with van der Waals surface area (Å²) in [5.41, 5.74) is 2.64. The van der Waals surface area contributed by atoms with E-state index in [1.54, 1.807) is 0 Å². The molecule has 0 fully saturated rings. The summed E-state index contributed by atoms with van der Waals surface area (Å²) in [6.07, 6.45) is 0. The molecule has 2 aromatic rings. The average molecular weight is 320 g/mol. The van der Waals surface area contributed by atoms with Crippen molar-refractivity contribution in [2.75, 3.05) is 10.6 Å². The first-order valence-corrected chi connectivity index (χ1v) is 6.62. The molecule has 0 bridgehead atoms. The van der Waals surface area contributed by atoms with Crippen LogP contribution in [0.5, 0.6) is 0 Å². The van der Waals surface area contributed by atoms with Crippen molar-refractivity contribution in [1.82, 2.24) is 4.98 Å². The first-order chi connectivity index (χ1) is 9.04. The Labute approximate surface area is 120 Å². The minimum atomic E-state index is -0.315. The molecule has 0 saturated carbocycles. The summed E-state index contributed by atoms with van der Waals surface area (Å²) in [5.74, 6) is 0.544. The van der Waals surface area contributed by atoms with E-state index in [0.717, 1.165) is 15.7 Å². The van der Waals surface area contributed by atoms with Crippen molar-refractivity contribution in [3.63, 3.8) is 0 Å². The molecule has 0 atom stereocenters. The van der Waals surface area contributed by atoms with Crippen LogP contribution in [0.15, 0.2) is 40.9 Å². The molecule has 0 aliphatic rings. The minimum absolute atomic E-state index is 0.315. The highest BCUT2D eigenvalue weighted by Gasteiger charge is 2.06. The lowest BCUT2D eigenvalue weighted by Crippen LogP contribution is -2.20. The number of amides is 2. The van der Waals surface area contributed by atoms with Crippen LogP contribution in [-0.4, -0.2) is 11.0 Å². The minimum Gasteiger partial charge on any atom is -0.307 e. The van der Waals surface area contributed by atoms with Gasteiger partial charge in [0.05, 0.1) is 5.69 Å². The monoisotopic (exact) mass is 319 g/mol. The largest absolute Gasteiger partial charge is 0.324 e. The van der Waals surface area contributed by atoms with Gasteiger partial charge in [-0.25, -0.2) is 9.78 Å². The first kappa shape index (κ1) is 13.5. The first-order valence-electron chi connectivity index (χ1n) is 5.82. The topological polar surface area (TPSA) is 54.0 Å². The standard InChI is InChI=1S/C14H14BrN3O/c1-9-7-10(2)16-13(8-9)18-14(19)17-12-6-4-3-5-11(12)15/h3-8H,1-2H3,(H2,16,17,18,19). The van der Waals surface area contributed by atoms with Gasteiger partial charge in [0, 0.05) is 10.2 Å². The molecule has 2 N–H and O–H groups in total. The van der Waals surface area contributed by atoms with E-state index in [4.69, 9.17) is 0 Å². The van der Waals surface area contributed by atoms with Gasteiger partial charge < -0.3 is 5.32 Å². The Hall–Kier alpha value is -1.88. The molecule has 4 nitrogen and oxygen atoms in total. The molecule has 1 aromatic heterocycles. The number of nitrogens with zero attached hydrogens (tertiary/aromatic N) is 1. The molecular formula is C14H14BrN3O. The summed E-state index contributed by atoms with van der Waals surface area (Å²) in [6, 6.07) is 10.9. The van der Waals surface area contributed by atoms with E-state index in [1.165, 1.54) is 0 Å². The Morgan fingerprint density at radius 2 is 1.89 bits per heavy atom.